The standard InChI is InChI=1S/C6H7BrN2S/c7-6-1-2-8-9(6)5-3-10-4-5/h1-2,5H,3-4H2. The first kappa shape index (κ1) is 6.73. The third-order valence-electron chi connectivity index (χ3n) is 1.59. The Hall–Kier alpha value is 0.0400. The van der Waals surface area contributed by atoms with Crippen LogP contribution in [0.2, 0.25) is 0 Å². The molecule has 0 spiro atoms. The zero-order valence-electron chi connectivity index (χ0n) is 5.33. The molecule has 4 heteroatoms. The van der Waals surface area contributed by atoms with Crippen LogP contribution in [0.3, 0.4) is 0 Å². The highest BCUT2D eigenvalue weighted by molar-refractivity contribution is 9.10. The molecule has 0 bridgehead atoms. The number of thioether (sulfide) groups is 1. The topological polar surface area (TPSA) is 17.8 Å². The van der Waals surface area contributed by atoms with Gasteiger partial charge in [-0.15, -0.1) is 0 Å². The fourth-order valence-corrected chi connectivity index (χ4v) is 2.16. The highest BCUT2D eigenvalue weighted by Crippen LogP contribution is 2.30. The second kappa shape index (κ2) is 2.58. The van der Waals surface area contributed by atoms with Gasteiger partial charge in [0.2, 0.25) is 0 Å². The molecule has 1 aliphatic rings. The zero-order valence-corrected chi connectivity index (χ0v) is 7.73. The van der Waals surface area contributed by atoms with Crippen molar-refractivity contribution in [3.05, 3.63) is 16.9 Å². The molecule has 2 rings (SSSR count). The van der Waals surface area contributed by atoms with E-state index >= 15 is 0 Å². The largest absolute Gasteiger partial charge is 0.254 e. The molecule has 10 heavy (non-hydrogen) atoms. The van der Waals surface area contributed by atoms with Crippen molar-refractivity contribution in [3.63, 3.8) is 0 Å². The van der Waals surface area contributed by atoms with Crippen molar-refractivity contribution in [2.24, 2.45) is 0 Å². The summed E-state index contributed by atoms with van der Waals surface area (Å²) >= 11 is 5.40. The second-order valence-corrected chi connectivity index (χ2v) is 4.18. The van der Waals surface area contributed by atoms with E-state index in [1.54, 1.807) is 0 Å². The summed E-state index contributed by atoms with van der Waals surface area (Å²) in [7, 11) is 0. The maximum Gasteiger partial charge on any atom is 0.104 e. The Morgan fingerprint density at radius 3 is 2.90 bits per heavy atom. The lowest BCUT2D eigenvalue weighted by Crippen LogP contribution is -2.23. The zero-order chi connectivity index (χ0) is 6.97. The average molecular weight is 219 g/mol. The van der Waals surface area contributed by atoms with E-state index in [2.05, 4.69) is 21.0 Å². The minimum Gasteiger partial charge on any atom is -0.254 e. The SMILES string of the molecule is Brc1ccnn1C1CSC1. The number of aromatic nitrogens is 2. The predicted molar refractivity (Wildman–Crippen MR) is 46.3 cm³/mol. The summed E-state index contributed by atoms with van der Waals surface area (Å²) in [6.45, 7) is 0. The van der Waals surface area contributed by atoms with Crippen LogP contribution in [0, 0.1) is 0 Å². The lowest BCUT2D eigenvalue weighted by molar-refractivity contribution is 0.516. The maximum atomic E-state index is 4.19. The highest BCUT2D eigenvalue weighted by atomic mass is 79.9. The molecule has 0 aromatic carbocycles. The molecule has 2 nitrogen and oxygen atoms in total. The first-order valence-electron chi connectivity index (χ1n) is 3.14. The molecule has 0 amide bonds. The van der Waals surface area contributed by atoms with Gasteiger partial charge >= 0.3 is 0 Å². The second-order valence-electron chi connectivity index (χ2n) is 2.29. The average Bonchev–Trinajstić information content (AvgIpc) is 2.12. The van der Waals surface area contributed by atoms with Gasteiger partial charge in [0, 0.05) is 11.5 Å². The van der Waals surface area contributed by atoms with E-state index < -0.39 is 0 Å². The third-order valence-corrected chi connectivity index (χ3v) is 3.46. The highest BCUT2D eigenvalue weighted by Gasteiger charge is 2.21. The van der Waals surface area contributed by atoms with Crippen LogP contribution in [-0.2, 0) is 0 Å². The van der Waals surface area contributed by atoms with E-state index in [4.69, 9.17) is 0 Å². The number of hydrogen-bond acceptors (Lipinski definition) is 2. The predicted octanol–water partition coefficient (Wildman–Crippen LogP) is 1.93. The summed E-state index contributed by atoms with van der Waals surface area (Å²) in [6, 6.07) is 2.61. The van der Waals surface area contributed by atoms with Crippen molar-refractivity contribution in [2.45, 2.75) is 6.04 Å². The van der Waals surface area contributed by atoms with E-state index in [1.165, 1.54) is 11.5 Å². The van der Waals surface area contributed by atoms with Gasteiger partial charge in [-0.3, -0.25) is 4.68 Å². The van der Waals surface area contributed by atoms with Crippen LogP contribution in [-0.4, -0.2) is 21.3 Å². The van der Waals surface area contributed by atoms with Crippen LogP contribution >= 0.6 is 27.7 Å². The van der Waals surface area contributed by atoms with Crippen LogP contribution in [0.25, 0.3) is 0 Å². The molecule has 54 valence electrons. The monoisotopic (exact) mass is 218 g/mol. The van der Waals surface area contributed by atoms with E-state index in [0.29, 0.717) is 6.04 Å². The first-order valence-corrected chi connectivity index (χ1v) is 5.09. The van der Waals surface area contributed by atoms with Crippen LogP contribution < -0.4 is 0 Å². The van der Waals surface area contributed by atoms with Crippen LogP contribution in [0.5, 0.6) is 0 Å². The minimum absolute atomic E-state index is 0.634. The molecule has 0 atom stereocenters. The molecule has 1 saturated heterocycles. The van der Waals surface area contributed by atoms with Gasteiger partial charge in [-0.1, -0.05) is 0 Å². The molecule has 1 fully saturated rings. The van der Waals surface area contributed by atoms with Gasteiger partial charge < -0.3 is 0 Å². The van der Waals surface area contributed by atoms with Gasteiger partial charge in [0.15, 0.2) is 0 Å². The van der Waals surface area contributed by atoms with Crippen molar-refractivity contribution in [1.29, 1.82) is 0 Å². The summed E-state index contributed by atoms with van der Waals surface area (Å²) < 4.78 is 3.13. The molecule has 0 radical (unpaired) electrons. The van der Waals surface area contributed by atoms with Crippen molar-refractivity contribution in [1.82, 2.24) is 9.78 Å². The van der Waals surface area contributed by atoms with Crippen LogP contribution in [0.1, 0.15) is 6.04 Å². The quantitative estimate of drug-likeness (QED) is 0.718. The van der Waals surface area contributed by atoms with Gasteiger partial charge in [-0.25, -0.2) is 0 Å². The van der Waals surface area contributed by atoms with Gasteiger partial charge in [0.25, 0.3) is 0 Å². The maximum absolute atomic E-state index is 4.19. The Kier molecular flexibility index (Phi) is 1.74. The summed E-state index contributed by atoms with van der Waals surface area (Å²) in [5.41, 5.74) is 0. The molecule has 1 aromatic rings. The molecule has 0 aliphatic carbocycles. The number of rotatable bonds is 1. The van der Waals surface area contributed by atoms with Crippen LogP contribution in [0.15, 0.2) is 16.9 Å². The Balaban J connectivity index is 2.23. The van der Waals surface area contributed by atoms with Crippen LogP contribution in [0.4, 0.5) is 0 Å². The fourth-order valence-electron chi connectivity index (χ4n) is 0.931. The summed E-state index contributed by atoms with van der Waals surface area (Å²) in [6.07, 6.45) is 1.83. The van der Waals surface area contributed by atoms with Crippen molar-refractivity contribution >= 4 is 27.7 Å². The van der Waals surface area contributed by atoms with Gasteiger partial charge in [-0.05, 0) is 22.0 Å². The van der Waals surface area contributed by atoms with Crippen molar-refractivity contribution in [2.75, 3.05) is 11.5 Å². The molecular formula is C6H7BrN2S. The van der Waals surface area contributed by atoms with E-state index in [9.17, 15) is 0 Å². The van der Waals surface area contributed by atoms with Gasteiger partial charge in [-0.2, -0.15) is 16.9 Å². The summed E-state index contributed by atoms with van der Waals surface area (Å²) in [5.74, 6) is 2.42. The van der Waals surface area contributed by atoms with Gasteiger partial charge in [0.05, 0.1) is 12.2 Å². The first-order chi connectivity index (χ1) is 4.88. The molecular weight excluding hydrogens is 212 g/mol. The smallest absolute Gasteiger partial charge is 0.104 e. The fraction of sp³-hybridized carbons (Fsp3) is 0.500. The Labute approximate surface area is 72.1 Å². The van der Waals surface area contributed by atoms with E-state index in [-0.39, 0.29) is 0 Å². The molecule has 2 heterocycles. The lowest BCUT2D eigenvalue weighted by Gasteiger charge is -2.25. The van der Waals surface area contributed by atoms with E-state index in [1.807, 2.05) is 28.7 Å². The Morgan fingerprint density at radius 2 is 2.50 bits per heavy atom. The third kappa shape index (κ3) is 0.992. The summed E-state index contributed by atoms with van der Waals surface area (Å²) in [5, 5.41) is 4.19. The molecule has 1 aromatic heterocycles. The Bertz CT molecular complexity index is 231. The lowest BCUT2D eigenvalue weighted by atomic mass is 10.4. The van der Waals surface area contributed by atoms with Crippen molar-refractivity contribution < 1.29 is 0 Å². The van der Waals surface area contributed by atoms with Gasteiger partial charge in [0.1, 0.15) is 4.60 Å². The Morgan fingerprint density at radius 1 is 1.70 bits per heavy atom. The molecule has 1 aliphatic heterocycles. The van der Waals surface area contributed by atoms with Crippen molar-refractivity contribution in [3.8, 4) is 0 Å². The number of nitrogens with zero attached hydrogens (tertiary/aromatic N) is 2. The number of hydrogen-bond donors (Lipinski definition) is 0. The summed E-state index contributed by atoms with van der Waals surface area (Å²) in [4.78, 5) is 0. The normalized spacial score (nSPS) is 18.9. The molecule has 0 saturated carbocycles. The number of halogens is 1. The van der Waals surface area contributed by atoms with E-state index in [0.717, 1.165) is 4.60 Å². The minimum atomic E-state index is 0.634. The molecule has 0 N–H and O–H groups in total. The molecule has 0 unspecified atom stereocenters.